The van der Waals surface area contributed by atoms with Gasteiger partial charge < -0.3 is 20.6 Å². The number of oxime groups is 1. The maximum Gasteiger partial charge on any atom is 0.233 e. The molecule has 0 unspecified atom stereocenters. The van der Waals surface area contributed by atoms with Crippen molar-refractivity contribution in [2.24, 2.45) is 5.16 Å². The Morgan fingerprint density at radius 1 is 1.07 bits per heavy atom. The van der Waals surface area contributed by atoms with Crippen LogP contribution >= 0.6 is 11.6 Å². The summed E-state index contributed by atoms with van der Waals surface area (Å²) in [5.74, 6) is 1.22. The van der Waals surface area contributed by atoms with Gasteiger partial charge in [0.1, 0.15) is 11.5 Å². The van der Waals surface area contributed by atoms with Crippen LogP contribution in [0.3, 0.4) is 0 Å². The first kappa shape index (κ1) is 18.4. The molecule has 3 aromatic rings. The van der Waals surface area contributed by atoms with Crippen molar-refractivity contribution < 1.29 is 9.94 Å². The van der Waals surface area contributed by atoms with E-state index in [1.54, 1.807) is 13.2 Å². The Labute approximate surface area is 160 Å². The molecule has 9 heteroatoms. The molecule has 0 bridgehead atoms. The number of halogens is 1. The van der Waals surface area contributed by atoms with Crippen molar-refractivity contribution in [3.8, 4) is 5.75 Å². The number of nitrogens with one attached hydrogen (secondary N) is 2. The number of ether oxygens (including phenoxy) is 1. The van der Waals surface area contributed by atoms with Gasteiger partial charge >= 0.3 is 0 Å². The average molecular weight is 385 g/mol. The predicted octanol–water partition coefficient (Wildman–Crippen LogP) is 3.57. The van der Waals surface area contributed by atoms with Crippen molar-refractivity contribution >= 4 is 34.9 Å². The first-order valence-corrected chi connectivity index (χ1v) is 8.38. The SMILES string of the molecule is COc1cccc(Nc2nc(Cl)nc(NC/C(=N\O)c3ccccc3)n2)c1. The molecule has 8 nitrogen and oxygen atoms in total. The van der Waals surface area contributed by atoms with Crippen molar-refractivity contribution in [2.45, 2.75) is 0 Å². The van der Waals surface area contributed by atoms with Crippen LogP contribution in [0.25, 0.3) is 0 Å². The summed E-state index contributed by atoms with van der Waals surface area (Å²) in [6.07, 6.45) is 0. The van der Waals surface area contributed by atoms with E-state index in [-0.39, 0.29) is 23.7 Å². The van der Waals surface area contributed by atoms with Crippen molar-refractivity contribution in [3.05, 3.63) is 65.4 Å². The number of methoxy groups -OCH3 is 1. The monoisotopic (exact) mass is 384 g/mol. The fourth-order valence-corrected chi connectivity index (χ4v) is 2.46. The second-order valence-corrected chi connectivity index (χ2v) is 5.71. The third-order valence-corrected chi connectivity index (χ3v) is 3.74. The molecular weight excluding hydrogens is 368 g/mol. The van der Waals surface area contributed by atoms with Gasteiger partial charge in [0, 0.05) is 17.3 Å². The molecule has 0 saturated heterocycles. The molecule has 0 radical (unpaired) electrons. The van der Waals surface area contributed by atoms with Crippen LogP contribution in [-0.4, -0.2) is 39.5 Å². The first-order valence-electron chi connectivity index (χ1n) is 8.01. The van der Waals surface area contributed by atoms with Crippen molar-refractivity contribution in [1.82, 2.24) is 15.0 Å². The number of anilines is 3. The fourth-order valence-electron chi connectivity index (χ4n) is 2.30. The summed E-state index contributed by atoms with van der Waals surface area (Å²) in [5.41, 5.74) is 1.96. The molecule has 27 heavy (non-hydrogen) atoms. The molecule has 1 heterocycles. The molecule has 0 aliphatic rings. The lowest BCUT2D eigenvalue weighted by atomic mass is 10.1. The van der Waals surface area contributed by atoms with Gasteiger partial charge in [-0.25, -0.2) is 0 Å². The quantitative estimate of drug-likeness (QED) is 0.325. The highest BCUT2D eigenvalue weighted by atomic mass is 35.5. The third-order valence-electron chi connectivity index (χ3n) is 3.58. The number of benzene rings is 2. The zero-order valence-electron chi connectivity index (χ0n) is 14.4. The highest BCUT2D eigenvalue weighted by molar-refractivity contribution is 6.28. The van der Waals surface area contributed by atoms with Gasteiger partial charge in [0.25, 0.3) is 0 Å². The molecule has 0 aliphatic carbocycles. The Morgan fingerprint density at radius 3 is 2.59 bits per heavy atom. The molecule has 0 fully saturated rings. The summed E-state index contributed by atoms with van der Waals surface area (Å²) in [6, 6.07) is 16.6. The third kappa shape index (κ3) is 5.05. The maximum absolute atomic E-state index is 9.26. The number of aromatic nitrogens is 3. The van der Waals surface area contributed by atoms with Crippen molar-refractivity contribution in [2.75, 3.05) is 24.3 Å². The van der Waals surface area contributed by atoms with Crippen LogP contribution in [0.4, 0.5) is 17.6 Å². The first-order chi connectivity index (χ1) is 13.2. The molecule has 2 aromatic carbocycles. The predicted molar refractivity (Wildman–Crippen MR) is 104 cm³/mol. The Morgan fingerprint density at radius 2 is 1.85 bits per heavy atom. The average Bonchev–Trinajstić information content (AvgIpc) is 2.69. The molecule has 0 amide bonds. The molecule has 3 rings (SSSR count). The molecule has 0 aliphatic heterocycles. The second-order valence-electron chi connectivity index (χ2n) is 5.37. The number of rotatable bonds is 7. The standard InChI is InChI=1S/C18H17ClN6O2/c1-27-14-9-5-8-13(10-14)21-18-23-16(19)22-17(24-18)20-11-15(25-26)12-6-3-2-4-7-12/h2-10,26H,11H2,1H3,(H2,20,21,22,23,24)/b25-15+. The number of hydrogen-bond donors (Lipinski definition) is 3. The van der Waals surface area contributed by atoms with Gasteiger partial charge in [-0.05, 0) is 23.7 Å². The minimum atomic E-state index is 0.0279. The highest BCUT2D eigenvalue weighted by Crippen LogP contribution is 2.20. The molecule has 138 valence electrons. The summed E-state index contributed by atoms with van der Waals surface area (Å²) in [4.78, 5) is 12.4. The van der Waals surface area contributed by atoms with Crippen LogP contribution in [0.1, 0.15) is 5.56 Å². The van der Waals surface area contributed by atoms with E-state index in [9.17, 15) is 5.21 Å². The molecular formula is C18H17ClN6O2. The summed E-state index contributed by atoms with van der Waals surface area (Å²) in [5, 5.41) is 18.6. The second kappa shape index (κ2) is 8.81. The Balaban J connectivity index is 1.73. The maximum atomic E-state index is 9.26. The van der Waals surface area contributed by atoms with E-state index in [4.69, 9.17) is 16.3 Å². The summed E-state index contributed by atoms with van der Waals surface area (Å²) < 4.78 is 5.19. The van der Waals surface area contributed by atoms with E-state index in [1.807, 2.05) is 48.5 Å². The Hall–Kier alpha value is -3.39. The highest BCUT2D eigenvalue weighted by Gasteiger charge is 2.09. The smallest absolute Gasteiger partial charge is 0.233 e. The lowest BCUT2D eigenvalue weighted by Gasteiger charge is -2.10. The van der Waals surface area contributed by atoms with Gasteiger partial charge in [0.15, 0.2) is 0 Å². The normalized spacial score (nSPS) is 11.1. The van der Waals surface area contributed by atoms with Gasteiger partial charge in [-0.3, -0.25) is 0 Å². The summed E-state index contributed by atoms with van der Waals surface area (Å²) in [7, 11) is 1.59. The largest absolute Gasteiger partial charge is 0.497 e. The zero-order chi connectivity index (χ0) is 19.1. The van der Waals surface area contributed by atoms with Gasteiger partial charge in [0.05, 0.1) is 13.7 Å². The van der Waals surface area contributed by atoms with E-state index in [0.717, 1.165) is 11.3 Å². The molecule has 0 saturated carbocycles. The molecule has 1 aromatic heterocycles. The van der Waals surface area contributed by atoms with E-state index < -0.39 is 0 Å². The summed E-state index contributed by atoms with van der Waals surface area (Å²) >= 11 is 5.99. The molecule has 0 spiro atoms. The fraction of sp³-hybridized carbons (Fsp3) is 0.111. The van der Waals surface area contributed by atoms with Crippen LogP contribution in [0, 0.1) is 0 Å². The number of hydrogen-bond acceptors (Lipinski definition) is 8. The minimum absolute atomic E-state index is 0.0279. The van der Waals surface area contributed by atoms with Gasteiger partial charge in [0.2, 0.25) is 17.2 Å². The van der Waals surface area contributed by atoms with Crippen LogP contribution in [0.15, 0.2) is 59.8 Å². The van der Waals surface area contributed by atoms with E-state index >= 15 is 0 Å². The lowest BCUT2D eigenvalue weighted by Crippen LogP contribution is -2.17. The molecule has 0 atom stereocenters. The van der Waals surface area contributed by atoms with Gasteiger partial charge in [-0.1, -0.05) is 41.6 Å². The topological polar surface area (TPSA) is 105 Å². The van der Waals surface area contributed by atoms with Crippen molar-refractivity contribution in [3.63, 3.8) is 0 Å². The minimum Gasteiger partial charge on any atom is -0.497 e. The van der Waals surface area contributed by atoms with Crippen LogP contribution in [-0.2, 0) is 0 Å². The van der Waals surface area contributed by atoms with Gasteiger partial charge in [-0.15, -0.1) is 0 Å². The van der Waals surface area contributed by atoms with Gasteiger partial charge in [-0.2, -0.15) is 15.0 Å². The van der Waals surface area contributed by atoms with Crippen LogP contribution < -0.4 is 15.4 Å². The van der Waals surface area contributed by atoms with Crippen LogP contribution in [0.5, 0.6) is 5.75 Å². The van der Waals surface area contributed by atoms with E-state index in [0.29, 0.717) is 11.5 Å². The summed E-state index contributed by atoms with van der Waals surface area (Å²) in [6.45, 7) is 0.208. The van der Waals surface area contributed by atoms with E-state index in [2.05, 4.69) is 30.7 Å². The number of nitrogens with zero attached hydrogens (tertiary/aromatic N) is 4. The van der Waals surface area contributed by atoms with E-state index in [1.165, 1.54) is 0 Å². The van der Waals surface area contributed by atoms with Crippen LogP contribution in [0.2, 0.25) is 5.28 Å². The Kier molecular flexibility index (Phi) is 6.01. The molecule has 3 N–H and O–H groups in total. The lowest BCUT2D eigenvalue weighted by molar-refractivity contribution is 0.319. The Bertz CT molecular complexity index is 936. The van der Waals surface area contributed by atoms with Crippen molar-refractivity contribution in [1.29, 1.82) is 0 Å². The zero-order valence-corrected chi connectivity index (χ0v) is 15.2.